The largest absolute Gasteiger partial charge is 0.497 e. The smallest absolute Gasteiger partial charge is 0.278 e. The average Bonchev–Trinajstić information content (AvgIpc) is 2.27. The molecule has 0 atom stereocenters. The second-order valence-electron chi connectivity index (χ2n) is 2.83. The maximum absolute atomic E-state index is 11.8. The second-order valence-corrected chi connectivity index (χ2v) is 3.69. The third-order valence-electron chi connectivity index (χ3n) is 1.96. The molecular formula is C10H12BrNO3. The van der Waals surface area contributed by atoms with Crippen LogP contribution in [-0.2, 0) is 4.84 Å². The highest BCUT2D eigenvalue weighted by atomic mass is 79.9. The van der Waals surface area contributed by atoms with Crippen molar-refractivity contribution in [3.8, 4) is 5.75 Å². The van der Waals surface area contributed by atoms with Crippen molar-refractivity contribution in [2.75, 3.05) is 21.3 Å². The van der Waals surface area contributed by atoms with E-state index in [1.54, 1.807) is 32.4 Å². The van der Waals surface area contributed by atoms with Crippen molar-refractivity contribution in [2.24, 2.45) is 0 Å². The van der Waals surface area contributed by atoms with Gasteiger partial charge in [0.15, 0.2) is 0 Å². The molecule has 0 aromatic heterocycles. The Morgan fingerprint density at radius 2 is 2.07 bits per heavy atom. The number of amides is 1. The van der Waals surface area contributed by atoms with Crippen LogP contribution in [0.1, 0.15) is 10.4 Å². The Balaban J connectivity index is 3.07. The monoisotopic (exact) mass is 273 g/mol. The summed E-state index contributed by atoms with van der Waals surface area (Å²) in [5, 5.41) is 1.15. The van der Waals surface area contributed by atoms with E-state index in [2.05, 4.69) is 15.9 Å². The van der Waals surface area contributed by atoms with Gasteiger partial charge >= 0.3 is 0 Å². The molecule has 82 valence electrons. The van der Waals surface area contributed by atoms with Gasteiger partial charge in [-0.3, -0.25) is 9.63 Å². The zero-order chi connectivity index (χ0) is 11.4. The number of carbonyl (C=O) groups excluding carboxylic acids is 1. The number of methoxy groups -OCH3 is 1. The first kappa shape index (κ1) is 12.0. The molecule has 0 spiro atoms. The third kappa shape index (κ3) is 2.70. The number of hydroxylamine groups is 2. The quantitative estimate of drug-likeness (QED) is 0.792. The highest BCUT2D eigenvalue weighted by Crippen LogP contribution is 2.23. The lowest BCUT2D eigenvalue weighted by Gasteiger charge is -2.15. The SMILES string of the molecule is COc1ccc(Br)c(C(=O)N(C)OC)c1. The summed E-state index contributed by atoms with van der Waals surface area (Å²) in [5.41, 5.74) is 0.499. The Morgan fingerprint density at radius 1 is 1.40 bits per heavy atom. The van der Waals surface area contributed by atoms with Crippen LogP contribution in [0.15, 0.2) is 22.7 Å². The first-order valence-electron chi connectivity index (χ1n) is 4.26. The minimum atomic E-state index is -0.233. The lowest BCUT2D eigenvalue weighted by molar-refractivity contribution is -0.0757. The van der Waals surface area contributed by atoms with Crippen LogP contribution in [0.3, 0.4) is 0 Å². The fraction of sp³-hybridized carbons (Fsp3) is 0.300. The average molecular weight is 274 g/mol. The normalized spacial score (nSPS) is 9.87. The molecule has 1 aromatic rings. The highest BCUT2D eigenvalue weighted by molar-refractivity contribution is 9.10. The van der Waals surface area contributed by atoms with Crippen molar-refractivity contribution in [3.63, 3.8) is 0 Å². The van der Waals surface area contributed by atoms with Crippen LogP contribution in [0, 0.1) is 0 Å². The van der Waals surface area contributed by atoms with Crippen molar-refractivity contribution < 1.29 is 14.4 Å². The molecule has 5 heteroatoms. The standard InChI is InChI=1S/C10H12BrNO3/c1-12(15-3)10(13)8-6-7(14-2)4-5-9(8)11/h4-6H,1-3H3. The van der Waals surface area contributed by atoms with E-state index in [0.717, 1.165) is 5.06 Å². The van der Waals surface area contributed by atoms with Gasteiger partial charge in [0.2, 0.25) is 0 Å². The van der Waals surface area contributed by atoms with Gasteiger partial charge in [-0.15, -0.1) is 0 Å². The first-order chi connectivity index (χ1) is 7.10. The first-order valence-corrected chi connectivity index (χ1v) is 5.05. The molecule has 4 nitrogen and oxygen atoms in total. The van der Waals surface area contributed by atoms with Crippen LogP contribution in [0.5, 0.6) is 5.75 Å². The fourth-order valence-corrected chi connectivity index (χ4v) is 1.46. The number of halogens is 1. The van der Waals surface area contributed by atoms with Gasteiger partial charge in [-0.05, 0) is 34.1 Å². The van der Waals surface area contributed by atoms with Crippen LogP contribution in [0.25, 0.3) is 0 Å². The number of carbonyl (C=O) groups is 1. The van der Waals surface area contributed by atoms with Gasteiger partial charge in [-0.2, -0.15) is 0 Å². The Morgan fingerprint density at radius 3 is 2.60 bits per heavy atom. The number of rotatable bonds is 3. The summed E-state index contributed by atoms with van der Waals surface area (Å²) in [5.74, 6) is 0.398. The molecule has 0 radical (unpaired) electrons. The molecule has 0 N–H and O–H groups in total. The summed E-state index contributed by atoms with van der Waals surface area (Å²) in [4.78, 5) is 16.6. The van der Waals surface area contributed by atoms with E-state index in [0.29, 0.717) is 15.8 Å². The molecule has 15 heavy (non-hydrogen) atoms. The van der Waals surface area contributed by atoms with Crippen molar-refractivity contribution in [1.82, 2.24) is 5.06 Å². The van der Waals surface area contributed by atoms with Crippen LogP contribution in [0.4, 0.5) is 0 Å². The molecule has 0 fully saturated rings. The maximum atomic E-state index is 11.8. The molecule has 0 saturated carbocycles. The molecule has 0 aliphatic rings. The van der Waals surface area contributed by atoms with Gasteiger partial charge in [0, 0.05) is 11.5 Å². The maximum Gasteiger partial charge on any atom is 0.278 e. The number of hydrogen-bond donors (Lipinski definition) is 0. The van der Waals surface area contributed by atoms with E-state index in [1.807, 2.05) is 0 Å². The zero-order valence-corrected chi connectivity index (χ0v) is 10.4. The van der Waals surface area contributed by atoms with Crippen molar-refractivity contribution in [3.05, 3.63) is 28.2 Å². The fourth-order valence-electron chi connectivity index (χ4n) is 1.05. The van der Waals surface area contributed by atoms with Gasteiger partial charge in [-0.25, -0.2) is 5.06 Å². The molecule has 0 aliphatic carbocycles. The molecule has 1 rings (SSSR count). The minimum absolute atomic E-state index is 0.233. The third-order valence-corrected chi connectivity index (χ3v) is 2.66. The molecular weight excluding hydrogens is 262 g/mol. The summed E-state index contributed by atoms with van der Waals surface area (Å²) in [7, 11) is 4.54. The predicted octanol–water partition coefficient (Wildman–Crippen LogP) is 2.09. The highest BCUT2D eigenvalue weighted by Gasteiger charge is 2.15. The number of ether oxygens (including phenoxy) is 1. The Hall–Kier alpha value is -1.07. The molecule has 1 amide bonds. The van der Waals surface area contributed by atoms with Gasteiger partial charge in [0.05, 0.1) is 19.8 Å². The molecule has 1 aromatic carbocycles. The Labute approximate surface area is 96.9 Å². The number of hydrogen-bond acceptors (Lipinski definition) is 3. The van der Waals surface area contributed by atoms with Crippen molar-refractivity contribution in [2.45, 2.75) is 0 Å². The Kier molecular flexibility index (Phi) is 4.11. The zero-order valence-electron chi connectivity index (χ0n) is 8.78. The predicted molar refractivity (Wildman–Crippen MR) is 59.8 cm³/mol. The van der Waals surface area contributed by atoms with E-state index in [1.165, 1.54) is 7.11 Å². The van der Waals surface area contributed by atoms with E-state index in [9.17, 15) is 4.79 Å². The second kappa shape index (κ2) is 5.14. The van der Waals surface area contributed by atoms with Gasteiger partial charge in [0.1, 0.15) is 5.75 Å². The van der Waals surface area contributed by atoms with E-state index in [4.69, 9.17) is 9.57 Å². The lowest BCUT2D eigenvalue weighted by atomic mass is 10.2. The van der Waals surface area contributed by atoms with Crippen LogP contribution >= 0.6 is 15.9 Å². The number of nitrogens with zero attached hydrogens (tertiary/aromatic N) is 1. The van der Waals surface area contributed by atoms with E-state index < -0.39 is 0 Å². The van der Waals surface area contributed by atoms with E-state index >= 15 is 0 Å². The summed E-state index contributed by atoms with van der Waals surface area (Å²) >= 11 is 3.30. The summed E-state index contributed by atoms with van der Waals surface area (Å²) in [6.45, 7) is 0. The van der Waals surface area contributed by atoms with Gasteiger partial charge in [0.25, 0.3) is 5.91 Å². The molecule has 0 aliphatic heterocycles. The van der Waals surface area contributed by atoms with Crippen LogP contribution in [-0.4, -0.2) is 32.2 Å². The number of benzene rings is 1. The molecule has 0 heterocycles. The van der Waals surface area contributed by atoms with Gasteiger partial charge in [-0.1, -0.05) is 0 Å². The lowest BCUT2D eigenvalue weighted by Crippen LogP contribution is -2.25. The summed E-state index contributed by atoms with van der Waals surface area (Å²) in [6, 6.07) is 5.19. The molecule has 0 bridgehead atoms. The van der Waals surface area contributed by atoms with Crippen LogP contribution in [0.2, 0.25) is 0 Å². The summed E-state index contributed by atoms with van der Waals surface area (Å²) < 4.78 is 5.75. The minimum Gasteiger partial charge on any atom is -0.497 e. The van der Waals surface area contributed by atoms with Crippen molar-refractivity contribution in [1.29, 1.82) is 0 Å². The summed E-state index contributed by atoms with van der Waals surface area (Å²) in [6.07, 6.45) is 0. The van der Waals surface area contributed by atoms with E-state index in [-0.39, 0.29) is 5.91 Å². The van der Waals surface area contributed by atoms with Gasteiger partial charge < -0.3 is 4.74 Å². The molecule has 0 saturated heterocycles. The topological polar surface area (TPSA) is 38.8 Å². The molecule has 0 unspecified atom stereocenters. The van der Waals surface area contributed by atoms with Crippen LogP contribution < -0.4 is 4.74 Å². The van der Waals surface area contributed by atoms with Crippen molar-refractivity contribution >= 4 is 21.8 Å². The Bertz CT molecular complexity index is 368.